The first-order valence-electron chi connectivity index (χ1n) is 13.2. The normalized spacial score (nSPS) is 12.7. The monoisotopic (exact) mass is 542 g/mol. The van der Waals surface area contributed by atoms with Crippen LogP contribution in [-0.2, 0) is 0 Å². The Balaban J connectivity index is 1.81. The fourth-order valence-electron chi connectivity index (χ4n) is 5.46. The molecule has 0 radical (unpaired) electrons. The lowest BCUT2D eigenvalue weighted by Gasteiger charge is -2.28. The quantitative estimate of drug-likeness (QED) is 0.210. The Labute approximate surface area is 231 Å². The zero-order valence-corrected chi connectivity index (χ0v) is 25.8. The van der Waals surface area contributed by atoms with Crippen molar-refractivity contribution in [1.82, 2.24) is 0 Å². The van der Waals surface area contributed by atoms with Gasteiger partial charge in [0.1, 0.15) is 11.5 Å². The lowest BCUT2D eigenvalue weighted by molar-refractivity contribution is 0.408. The summed E-state index contributed by atoms with van der Waals surface area (Å²) in [6.45, 7) is 13.3. The fraction of sp³-hybridized carbons (Fsp3) is 0.294. The van der Waals surface area contributed by atoms with E-state index in [-0.39, 0.29) is 0 Å². The van der Waals surface area contributed by atoms with E-state index in [4.69, 9.17) is 9.47 Å². The third-order valence-corrected chi connectivity index (χ3v) is 13.3. The summed E-state index contributed by atoms with van der Waals surface area (Å²) in [5.74, 6) is 2.03. The molecule has 0 saturated carbocycles. The first kappa shape index (κ1) is 28.4. The van der Waals surface area contributed by atoms with Crippen molar-refractivity contribution >= 4 is 37.1 Å². The van der Waals surface area contributed by atoms with Gasteiger partial charge in [-0.3, -0.25) is 0 Å². The van der Waals surface area contributed by atoms with E-state index in [9.17, 15) is 0 Å². The maximum absolute atomic E-state index is 5.77. The summed E-state index contributed by atoms with van der Waals surface area (Å²) in [5, 5.41) is 5.83. The molecule has 198 valence electrons. The van der Waals surface area contributed by atoms with Crippen molar-refractivity contribution in [3.05, 3.63) is 106 Å². The zero-order chi connectivity index (χ0) is 27.4. The van der Waals surface area contributed by atoms with Gasteiger partial charge in [0.05, 0.1) is 14.2 Å². The van der Waals surface area contributed by atoms with Crippen molar-refractivity contribution in [1.29, 1.82) is 0 Å². The molecule has 0 amide bonds. The summed E-state index contributed by atoms with van der Waals surface area (Å²) in [7, 11) is 2.49. The van der Waals surface area contributed by atoms with E-state index < -0.39 is 15.8 Å². The van der Waals surface area contributed by atoms with Gasteiger partial charge in [-0.15, -0.1) is 0 Å². The van der Waals surface area contributed by atoms with Crippen LogP contribution in [0.25, 0.3) is 0 Å². The maximum atomic E-state index is 5.77. The molecule has 0 aliphatic heterocycles. The minimum Gasteiger partial charge on any atom is -0.496 e. The molecule has 0 aromatic heterocycles. The van der Waals surface area contributed by atoms with E-state index in [0.717, 1.165) is 23.8 Å². The Morgan fingerprint density at radius 3 is 1.16 bits per heavy atom. The van der Waals surface area contributed by atoms with Crippen LogP contribution in [-0.4, -0.2) is 26.5 Å². The smallest absolute Gasteiger partial charge is 0.124 e. The Morgan fingerprint density at radius 2 is 0.842 bits per heavy atom. The van der Waals surface area contributed by atoms with Gasteiger partial charge in [-0.05, 0) is 136 Å². The van der Waals surface area contributed by atoms with Gasteiger partial charge in [0.15, 0.2) is 0 Å². The number of ether oxygens (including phenoxy) is 2. The largest absolute Gasteiger partial charge is 0.496 e. The van der Waals surface area contributed by atoms with Gasteiger partial charge < -0.3 is 9.47 Å². The Bertz CT molecular complexity index is 1290. The molecular weight excluding hydrogens is 502 g/mol. The van der Waals surface area contributed by atoms with E-state index in [1.807, 2.05) is 0 Å². The Hall–Kier alpha value is -2.66. The standard InChI is InChI=1S/C34H40O2P2/c1-23-21-31(25(3)27(5)33(23)35-7)37(29-15-11-9-12-16-29)19-20-38(30-17-13-10-14-18-30)32-22-24(2)34(36-8)28(6)26(32)4/h9-18,21-22H,19-20H2,1-8H3. The molecule has 0 fully saturated rings. The van der Waals surface area contributed by atoms with E-state index >= 15 is 0 Å². The molecule has 4 aromatic carbocycles. The van der Waals surface area contributed by atoms with E-state index in [1.165, 1.54) is 54.6 Å². The molecule has 4 heteroatoms. The molecule has 0 spiro atoms. The van der Waals surface area contributed by atoms with Gasteiger partial charge >= 0.3 is 0 Å². The molecular formula is C34H40O2P2. The third-order valence-electron chi connectivity index (χ3n) is 7.67. The number of aryl methyl sites for hydroxylation is 2. The molecule has 4 aromatic rings. The van der Waals surface area contributed by atoms with Gasteiger partial charge in [0, 0.05) is 0 Å². The van der Waals surface area contributed by atoms with Crippen LogP contribution in [0.4, 0.5) is 0 Å². The van der Waals surface area contributed by atoms with Crippen molar-refractivity contribution in [2.75, 3.05) is 26.5 Å². The van der Waals surface area contributed by atoms with Gasteiger partial charge in [0.2, 0.25) is 0 Å². The molecule has 0 N–H and O–H groups in total. The first-order valence-corrected chi connectivity index (χ1v) is 16.3. The number of methoxy groups -OCH3 is 2. The van der Waals surface area contributed by atoms with Gasteiger partial charge in [-0.25, -0.2) is 0 Å². The van der Waals surface area contributed by atoms with Crippen LogP contribution in [0.3, 0.4) is 0 Å². The van der Waals surface area contributed by atoms with Crippen LogP contribution in [0.2, 0.25) is 0 Å². The lowest BCUT2D eigenvalue weighted by atomic mass is 10.1. The molecule has 2 nitrogen and oxygen atoms in total. The van der Waals surface area contributed by atoms with Gasteiger partial charge in [-0.2, -0.15) is 0 Å². The fourth-order valence-corrected chi connectivity index (χ4v) is 11.5. The second-order valence-electron chi connectivity index (χ2n) is 9.97. The molecule has 0 aliphatic rings. The van der Waals surface area contributed by atoms with Crippen LogP contribution < -0.4 is 30.7 Å². The van der Waals surface area contributed by atoms with Crippen molar-refractivity contribution in [2.45, 2.75) is 41.5 Å². The van der Waals surface area contributed by atoms with Crippen molar-refractivity contribution < 1.29 is 9.47 Å². The van der Waals surface area contributed by atoms with Crippen LogP contribution in [0.1, 0.15) is 33.4 Å². The summed E-state index contributed by atoms with van der Waals surface area (Å²) >= 11 is 0. The molecule has 0 saturated heterocycles. The summed E-state index contributed by atoms with van der Waals surface area (Å²) in [6, 6.07) is 27.0. The van der Waals surface area contributed by atoms with Crippen molar-refractivity contribution in [3.63, 3.8) is 0 Å². The Kier molecular flexibility index (Phi) is 9.30. The highest BCUT2D eigenvalue weighted by Crippen LogP contribution is 2.44. The predicted molar refractivity (Wildman–Crippen MR) is 169 cm³/mol. The molecule has 38 heavy (non-hydrogen) atoms. The first-order chi connectivity index (χ1) is 18.3. The number of benzene rings is 4. The number of rotatable bonds is 9. The Morgan fingerprint density at radius 1 is 0.500 bits per heavy atom. The molecule has 0 aliphatic carbocycles. The van der Waals surface area contributed by atoms with Crippen molar-refractivity contribution in [2.24, 2.45) is 0 Å². The minimum absolute atomic E-state index is 0.533. The second-order valence-corrected chi connectivity index (χ2v) is 14.6. The second kappa shape index (κ2) is 12.5. The predicted octanol–water partition coefficient (Wildman–Crippen LogP) is 7.12. The molecule has 0 heterocycles. The highest BCUT2D eigenvalue weighted by Gasteiger charge is 2.25. The van der Waals surface area contributed by atoms with Crippen LogP contribution in [0, 0.1) is 41.5 Å². The zero-order valence-electron chi connectivity index (χ0n) is 24.1. The highest BCUT2D eigenvalue weighted by molar-refractivity contribution is 7.76. The lowest BCUT2D eigenvalue weighted by Crippen LogP contribution is -2.23. The topological polar surface area (TPSA) is 18.5 Å². The van der Waals surface area contributed by atoms with E-state index in [2.05, 4.69) is 114 Å². The molecule has 4 rings (SSSR count). The van der Waals surface area contributed by atoms with Gasteiger partial charge in [-0.1, -0.05) is 60.7 Å². The van der Waals surface area contributed by atoms with Crippen LogP contribution >= 0.6 is 15.8 Å². The van der Waals surface area contributed by atoms with E-state index in [1.54, 1.807) is 14.2 Å². The molecule has 2 unspecified atom stereocenters. The van der Waals surface area contributed by atoms with Gasteiger partial charge in [0.25, 0.3) is 0 Å². The summed E-state index contributed by atoms with van der Waals surface area (Å²) in [5.41, 5.74) is 7.67. The minimum atomic E-state index is -0.533. The summed E-state index contributed by atoms with van der Waals surface area (Å²) < 4.78 is 11.5. The summed E-state index contributed by atoms with van der Waals surface area (Å²) in [4.78, 5) is 0. The van der Waals surface area contributed by atoms with E-state index in [0.29, 0.717) is 0 Å². The van der Waals surface area contributed by atoms with Crippen LogP contribution in [0.15, 0.2) is 72.8 Å². The SMILES string of the molecule is COc1c(C)cc(P(CCP(c2ccccc2)c2cc(C)c(OC)c(C)c2C)c2ccccc2)c(C)c1C. The average molecular weight is 543 g/mol. The average Bonchev–Trinajstić information content (AvgIpc) is 2.93. The van der Waals surface area contributed by atoms with Crippen LogP contribution in [0.5, 0.6) is 11.5 Å². The molecule has 0 bridgehead atoms. The maximum Gasteiger partial charge on any atom is 0.124 e. The third kappa shape index (κ3) is 5.68. The molecule has 2 atom stereocenters. The highest BCUT2D eigenvalue weighted by atomic mass is 31.1. The number of hydrogen-bond donors (Lipinski definition) is 0. The summed E-state index contributed by atoms with van der Waals surface area (Å²) in [6.07, 6.45) is 2.27. The van der Waals surface area contributed by atoms with Crippen molar-refractivity contribution in [3.8, 4) is 11.5 Å². The number of hydrogen-bond acceptors (Lipinski definition) is 2.